The number of esters is 2. The molecule has 0 spiro atoms. The number of hydrogen-bond donors (Lipinski definition) is 1. The number of amides is 1. The first-order chi connectivity index (χ1) is 32.8. The van der Waals surface area contributed by atoms with Crippen LogP contribution in [0.2, 0.25) is 0 Å². The second kappa shape index (κ2) is 52.0. The molecule has 1 amide bonds. The number of ether oxygens (including phenoxy) is 3. The molecule has 0 rings (SSSR count). The van der Waals surface area contributed by atoms with Gasteiger partial charge in [0.2, 0.25) is 0 Å². The molecule has 0 aromatic rings. The third kappa shape index (κ3) is 51.8. The Kier molecular flexibility index (Phi) is 49.3. The van der Waals surface area contributed by atoms with Crippen molar-refractivity contribution in [3.8, 4) is 0 Å². The van der Waals surface area contributed by atoms with E-state index >= 15 is 0 Å². The first-order valence-electron chi connectivity index (χ1n) is 27.3. The van der Waals surface area contributed by atoms with Crippen LogP contribution in [0, 0.1) is 0 Å². The topological polar surface area (TPSA) is 97.4 Å². The maximum Gasteiger partial charge on any atom is 0.407 e. The van der Waals surface area contributed by atoms with Gasteiger partial charge in [0.05, 0.1) is 13.2 Å². The molecule has 0 bridgehead atoms. The third-order valence-electron chi connectivity index (χ3n) is 11.6. The lowest BCUT2D eigenvalue weighted by Crippen LogP contribution is -2.32. The average Bonchev–Trinajstić information content (AvgIpc) is 3.31. The Morgan fingerprint density at radius 2 is 0.851 bits per heavy atom. The molecule has 0 unspecified atom stereocenters. The van der Waals surface area contributed by atoms with Gasteiger partial charge in [0, 0.05) is 19.4 Å². The maximum absolute atomic E-state index is 12.8. The molecule has 9 nitrogen and oxygen atoms in total. The second-order valence-corrected chi connectivity index (χ2v) is 18.5. The Bertz CT molecular complexity index is 1230. The van der Waals surface area contributed by atoms with Gasteiger partial charge in [-0.25, -0.2) is 4.79 Å². The molecule has 0 aliphatic rings. The summed E-state index contributed by atoms with van der Waals surface area (Å²) in [6.07, 6.45) is 56.8. The average molecular weight is 938 g/mol. The Balaban J connectivity index is 4.32. The van der Waals surface area contributed by atoms with Gasteiger partial charge in [-0.3, -0.25) is 9.59 Å². The molecular weight excluding hydrogens is 835 g/mol. The fourth-order valence-corrected chi connectivity index (χ4v) is 7.51. The van der Waals surface area contributed by atoms with Crippen LogP contribution in [-0.4, -0.2) is 94.5 Å². The Labute approximate surface area is 412 Å². The van der Waals surface area contributed by atoms with Crippen LogP contribution in [0.15, 0.2) is 72.9 Å². The van der Waals surface area contributed by atoms with Crippen LogP contribution in [0.1, 0.15) is 213 Å². The molecule has 0 heterocycles. The van der Waals surface area contributed by atoms with Crippen molar-refractivity contribution in [1.29, 1.82) is 0 Å². The van der Waals surface area contributed by atoms with Gasteiger partial charge in [-0.1, -0.05) is 125 Å². The normalized spacial score (nSPS) is 12.3. The van der Waals surface area contributed by atoms with Crippen LogP contribution in [0.25, 0.3) is 0 Å². The van der Waals surface area contributed by atoms with Crippen LogP contribution in [-0.2, 0) is 23.8 Å². The highest BCUT2D eigenvalue weighted by atomic mass is 16.6. The molecule has 9 heteroatoms. The van der Waals surface area contributed by atoms with Crippen molar-refractivity contribution < 1.29 is 28.6 Å². The molecule has 0 radical (unpaired) electrons. The summed E-state index contributed by atoms with van der Waals surface area (Å²) in [6.45, 7) is 8.89. The van der Waals surface area contributed by atoms with Crippen LogP contribution in [0.5, 0.6) is 0 Å². The number of nitrogens with zero attached hydrogens (tertiary/aromatic N) is 2. The lowest BCUT2D eigenvalue weighted by molar-refractivity contribution is -0.144. The fourth-order valence-electron chi connectivity index (χ4n) is 7.51. The van der Waals surface area contributed by atoms with Crippen molar-refractivity contribution in [2.24, 2.45) is 0 Å². The lowest BCUT2D eigenvalue weighted by atomic mass is 10.0. The zero-order valence-corrected chi connectivity index (χ0v) is 44.0. The SMILES string of the molecule is CC/C=C\C/C=C\C/C=C\CCCCCCCC(=O)OCCCCCC(CCCCCOC(=O)CCCCCCC/C=C\C/C=C\C/C=C\CC)OC(=O)NCCCN(C)CCCCN(C)C. The largest absolute Gasteiger partial charge is 0.466 e. The summed E-state index contributed by atoms with van der Waals surface area (Å²) in [6, 6.07) is 0. The summed E-state index contributed by atoms with van der Waals surface area (Å²) in [5.41, 5.74) is 0. The summed E-state index contributed by atoms with van der Waals surface area (Å²) in [5, 5.41) is 2.97. The second-order valence-electron chi connectivity index (χ2n) is 18.5. The highest BCUT2D eigenvalue weighted by Gasteiger charge is 2.15. The number of carbonyl (C=O) groups is 3. The summed E-state index contributed by atoms with van der Waals surface area (Å²) >= 11 is 0. The number of alkyl carbamates (subject to hydrolysis) is 1. The molecule has 0 aliphatic heterocycles. The van der Waals surface area contributed by atoms with E-state index in [0.29, 0.717) is 32.6 Å². The Morgan fingerprint density at radius 1 is 0.448 bits per heavy atom. The van der Waals surface area contributed by atoms with E-state index < -0.39 is 0 Å². The standard InChI is InChI=1S/C58H103N3O6/c1-6-8-10-12-14-16-18-20-22-24-26-28-30-32-38-47-56(62)65-53-42-34-36-45-55(67-58(64)59-49-44-52-61(5)51-41-40-50-60(3)4)46-37-35-43-54-66-57(63)48-39-33-31-29-27-25-23-21-19-17-15-13-11-9-7-2/h8-11,14-17,20-23,55H,6-7,12-13,18-19,24-54H2,1-5H3,(H,59,64)/b10-8-,11-9-,16-14-,17-15-,22-20-,23-21-. The molecule has 0 atom stereocenters. The van der Waals surface area contributed by atoms with E-state index in [1.54, 1.807) is 0 Å². The highest BCUT2D eigenvalue weighted by Crippen LogP contribution is 2.16. The molecule has 1 N–H and O–H groups in total. The van der Waals surface area contributed by atoms with E-state index in [0.717, 1.165) is 167 Å². The molecule has 386 valence electrons. The van der Waals surface area contributed by atoms with Gasteiger partial charge >= 0.3 is 18.0 Å². The van der Waals surface area contributed by atoms with Gasteiger partial charge < -0.3 is 29.3 Å². The summed E-state index contributed by atoms with van der Waals surface area (Å²) in [4.78, 5) is 42.0. The zero-order valence-electron chi connectivity index (χ0n) is 44.0. The molecule has 0 aromatic heterocycles. The van der Waals surface area contributed by atoms with Crippen LogP contribution in [0.4, 0.5) is 4.79 Å². The summed E-state index contributed by atoms with van der Waals surface area (Å²) < 4.78 is 17.0. The van der Waals surface area contributed by atoms with Gasteiger partial charge in [-0.15, -0.1) is 0 Å². The number of carbonyl (C=O) groups excluding carboxylic acids is 3. The number of unbranched alkanes of at least 4 members (excludes halogenated alkanes) is 15. The zero-order chi connectivity index (χ0) is 48.9. The van der Waals surface area contributed by atoms with Crippen LogP contribution >= 0.6 is 0 Å². The quantitative estimate of drug-likeness (QED) is 0.0279. The monoisotopic (exact) mass is 938 g/mol. The van der Waals surface area contributed by atoms with Crippen LogP contribution in [0.3, 0.4) is 0 Å². The van der Waals surface area contributed by atoms with E-state index in [1.807, 2.05) is 0 Å². The maximum atomic E-state index is 12.8. The fraction of sp³-hybridized carbons (Fsp3) is 0.741. The predicted octanol–water partition coefficient (Wildman–Crippen LogP) is 15.1. The van der Waals surface area contributed by atoms with Gasteiger partial charge in [0.25, 0.3) is 0 Å². The summed E-state index contributed by atoms with van der Waals surface area (Å²) in [5.74, 6) is -0.193. The molecule has 0 aliphatic carbocycles. The van der Waals surface area contributed by atoms with E-state index in [4.69, 9.17) is 14.2 Å². The van der Waals surface area contributed by atoms with Crippen molar-refractivity contribution in [1.82, 2.24) is 15.1 Å². The molecular formula is C58H103N3O6. The van der Waals surface area contributed by atoms with Crippen molar-refractivity contribution >= 4 is 18.0 Å². The predicted molar refractivity (Wildman–Crippen MR) is 286 cm³/mol. The van der Waals surface area contributed by atoms with E-state index in [-0.39, 0.29) is 24.1 Å². The van der Waals surface area contributed by atoms with Crippen LogP contribution < -0.4 is 5.32 Å². The van der Waals surface area contributed by atoms with Crippen molar-refractivity contribution in [3.63, 3.8) is 0 Å². The number of nitrogens with one attached hydrogen (secondary N) is 1. The minimum atomic E-state index is -0.348. The molecule has 0 saturated carbocycles. The van der Waals surface area contributed by atoms with E-state index in [9.17, 15) is 14.4 Å². The molecule has 0 aromatic carbocycles. The highest BCUT2D eigenvalue weighted by molar-refractivity contribution is 5.69. The van der Waals surface area contributed by atoms with Gasteiger partial charge in [0.15, 0.2) is 0 Å². The van der Waals surface area contributed by atoms with Crippen molar-refractivity contribution in [3.05, 3.63) is 72.9 Å². The first-order valence-corrected chi connectivity index (χ1v) is 27.3. The Morgan fingerprint density at radius 3 is 1.33 bits per heavy atom. The van der Waals surface area contributed by atoms with Gasteiger partial charge in [-0.2, -0.15) is 0 Å². The Hall–Kier alpha value is -3.43. The van der Waals surface area contributed by atoms with Crippen molar-refractivity contribution in [2.75, 3.05) is 60.5 Å². The number of hydrogen-bond acceptors (Lipinski definition) is 8. The smallest absolute Gasteiger partial charge is 0.407 e. The molecule has 0 fully saturated rings. The number of rotatable bonds is 48. The van der Waals surface area contributed by atoms with Crippen molar-refractivity contribution in [2.45, 2.75) is 219 Å². The first kappa shape index (κ1) is 63.6. The van der Waals surface area contributed by atoms with Gasteiger partial charge in [0.1, 0.15) is 6.10 Å². The molecule has 0 saturated heterocycles. The minimum absolute atomic E-state index is 0.0967. The summed E-state index contributed by atoms with van der Waals surface area (Å²) in [7, 11) is 6.36. The lowest BCUT2D eigenvalue weighted by Gasteiger charge is -2.19. The van der Waals surface area contributed by atoms with E-state index in [1.165, 1.54) is 38.5 Å². The van der Waals surface area contributed by atoms with Gasteiger partial charge in [-0.05, 0) is 188 Å². The minimum Gasteiger partial charge on any atom is -0.466 e. The number of allylic oxidation sites excluding steroid dienone is 12. The van der Waals surface area contributed by atoms with E-state index in [2.05, 4.69) is 123 Å². The third-order valence-corrected chi connectivity index (χ3v) is 11.6. The molecule has 67 heavy (non-hydrogen) atoms.